The number of hydrogen-bond acceptors (Lipinski definition) is 4. The monoisotopic (exact) mass is 465 g/mol. The standard InChI is InChI=1S/C22H15F6N4O/c1-33-17-8-3-2-7-15(17)31-18-10-16(19-14(22(26,27)28)11-29-20(19)32-18)30-13-6-4-5-12(9-13)21(23,24)25/h2,4-11H,1H3,(H3,29,30,31,32). The molecule has 0 saturated heterocycles. The molecule has 5 nitrogen and oxygen atoms in total. The number of benzene rings is 2. The van der Waals surface area contributed by atoms with E-state index in [1.54, 1.807) is 18.2 Å². The van der Waals surface area contributed by atoms with Gasteiger partial charge in [-0.3, -0.25) is 0 Å². The van der Waals surface area contributed by atoms with Crippen LogP contribution in [0.5, 0.6) is 5.75 Å². The van der Waals surface area contributed by atoms with Gasteiger partial charge >= 0.3 is 12.4 Å². The summed E-state index contributed by atoms with van der Waals surface area (Å²) in [5, 5.41) is 5.32. The molecule has 2 aromatic heterocycles. The Bertz CT molecular complexity index is 1300. The molecular weight excluding hydrogens is 450 g/mol. The van der Waals surface area contributed by atoms with Gasteiger partial charge in [0.05, 0.1) is 35.0 Å². The van der Waals surface area contributed by atoms with Crippen molar-refractivity contribution < 1.29 is 31.1 Å². The molecule has 4 rings (SSSR count). The zero-order valence-corrected chi connectivity index (χ0v) is 16.8. The highest BCUT2D eigenvalue weighted by Gasteiger charge is 2.35. The highest BCUT2D eigenvalue weighted by atomic mass is 19.4. The maximum atomic E-state index is 13.6. The minimum absolute atomic E-state index is 0.0375. The fourth-order valence-corrected chi connectivity index (χ4v) is 3.28. The molecule has 0 saturated carbocycles. The van der Waals surface area contributed by atoms with Gasteiger partial charge in [-0.1, -0.05) is 12.1 Å². The van der Waals surface area contributed by atoms with Gasteiger partial charge in [0.25, 0.3) is 0 Å². The van der Waals surface area contributed by atoms with Gasteiger partial charge < -0.3 is 20.4 Å². The highest BCUT2D eigenvalue weighted by Crippen LogP contribution is 2.40. The summed E-state index contributed by atoms with van der Waals surface area (Å²) in [6, 6.07) is 13.1. The second-order valence-electron chi connectivity index (χ2n) is 6.93. The highest BCUT2D eigenvalue weighted by molar-refractivity contribution is 5.96. The van der Waals surface area contributed by atoms with Gasteiger partial charge in [0, 0.05) is 18.0 Å². The van der Waals surface area contributed by atoms with Crippen LogP contribution in [0.4, 0.5) is 49.2 Å². The maximum absolute atomic E-state index is 13.6. The fraction of sp³-hybridized carbons (Fsp3) is 0.136. The second kappa shape index (κ2) is 8.23. The van der Waals surface area contributed by atoms with E-state index < -0.39 is 23.5 Å². The van der Waals surface area contributed by atoms with Gasteiger partial charge in [0.1, 0.15) is 17.2 Å². The van der Waals surface area contributed by atoms with Crippen LogP contribution in [0.3, 0.4) is 0 Å². The van der Waals surface area contributed by atoms with Crippen LogP contribution in [0.25, 0.3) is 11.0 Å². The van der Waals surface area contributed by atoms with E-state index in [1.165, 1.54) is 19.2 Å². The van der Waals surface area contributed by atoms with Crippen molar-refractivity contribution in [3.63, 3.8) is 0 Å². The number of rotatable bonds is 5. The van der Waals surface area contributed by atoms with Crippen molar-refractivity contribution in [3.8, 4) is 5.75 Å². The third-order valence-electron chi connectivity index (χ3n) is 4.73. The Morgan fingerprint density at radius 3 is 2.45 bits per heavy atom. The molecule has 0 aliphatic carbocycles. The molecule has 0 atom stereocenters. The summed E-state index contributed by atoms with van der Waals surface area (Å²) in [6.07, 6.45) is -8.56. The van der Waals surface area contributed by atoms with Gasteiger partial charge in [0.15, 0.2) is 0 Å². The molecule has 0 aliphatic heterocycles. The Labute approximate surface area is 183 Å². The third-order valence-corrected chi connectivity index (χ3v) is 4.73. The van der Waals surface area contributed by atoms with E-state index in [0.717, 1.165) is 24.4 Å². The average Bonchev–Trinajstić information content (AvgIpc) is 3.19. The summed E-state index contributed by atoms with van der Waals surface area (Å²) in [4.78, 5) is 6.67. The van der Waals surface area contributed by atoms with E-state index in [-0.39, 0.29) is 28.2 Å². The summed E-state index contributed by atoms with van der Waals surface area (Å²) in [5.41, 5.74) is -1.70. The second-order valence-corrected chi connectivity index (χ2v) is 6.93. The fourth-order valence-electron chi connectivity index (χ4n) is 3.28. The number of H-pyrrole nitrogens is 1. The Hall–Kier alpha value is -3.89. The van der Waals surface area contributed by atoms with Crippen LogP contribution in [0.15, 0.2) is 54.7 Å². The number of aromatic nitrogens is 2. The largest absolute Gasteiger partial charge is 0.495 e. The molecular formula is C22H15F6N4O. The first-order valence-corrected chi connectivity index (χ1v) is 9.41. The van der Waals surface area contributed by atoms with Crippen LogP contribution in [0, 0.1) is 6.07 Å². The molecule has 171 valence electrons. The predicted molar refractivity (Wildman–Crippen MR) is 111 cm³/mol. The van der Waals surface area contributed by atoms with E-state index in [4.69, 9.17) is 4.74 Å². The lowest BCUT2D eigenvalue weighted by atomic mass is 10.1. The molecule has 11 heteroatoms. The van der Waals surface area contributed by atoms with Gasteiger partial charge in [-0.2, -0.15) is 26.3 Å². The summed E-state index contributed by atoms with van der Waals surface area (Å²) in [6.45, 7) is 0. The lowest BCUT2D eigenvalue weighted by Crippen LogP contribution is -2.07. The average molecular weight is 465 g/mol. The van der Waals surface area contributed by atoms with E-state index >= 15 is 0 Å². The van der Waals surface area contributed by atoms with Crippen LogP contribution >= 0.6 is 0 Å². The quantitative estimate of drug-likeness (QED) is 0.281. The van der Waals surface area contributed by atoms with Crippen LogP contribution < -0.4 is 15.4 Å². The SMILES string of the molecule is COc1c[c]ccc1Nc1cc(Nc2cccc(C(F)(F)F)c2)c2c(C(F)(F)F)c[nH]c2n1. The zero-order valence-electron chi connectivity index (χ0n) is 16.8. The van der Waals surface area contributed by atoms with Crippen molar-refractivity contribution in [1.82, 2.24) is 9.97 Å². The Balaban J connectivity index is 1.83. The van der Waals surface area contributed by atoms with Gasteiger partial charge in [-0.15, -0.1) is 0 Å². The lowest BCUT2D eigenvalue weighted by molar-refractivity contribution is -0.137. The van der Waals surface area contributed by atoms with Crippen LogP contribution in [-0.4, -0.2) is 17.1 Å². The molecule has 0 bridgehead atoms. The van der Waals surface area contributed by atoms with Crippen molar-refractivity contribution in [2.75, 3.05) is 17.7 Å². The predicted octanol–water partition coefficient (Wildman–Crippen LogP) is 6.90. The molecule has 0 fully saturated rings. The van der Waals surface area contributed by atoms with Gasteiger partial charge in [0.2, 0.25) is 0 Å². The summed E-state index contributed by atoms with van der Waals surface area (Å²) < 4.78 is 85.2. The topological polar surface area (TPSA) is 62.0 Å². The number of hydrogen-bond donors (Lipinski definition) is 3. The Morgan fingerprint density at radius 1 is 0.970 bits per heavy atom. The maximum Gasteiger partial charge on any atom is 0.418 e. The minimum Gasteiger partial charge on any atom is -0.495 e. The van der Waals surface area contributed by atoms with E-state index in [2.05, 4.69) is 26.7 Å². The molecule has 2 aromatic carbocycles. The molecule has 3 N–H and O–H groups in total. The molecule has 0 aliphatic rings. The first-order valence-electron chi connectivity index (χ1n) is 9.41. The van der Waals surface area contributed by atoms with E-state index in [1.807, 2.05) is 0 Å². The number of methoxy groups -OCH3 is 1. The number of alkyl halides is 6. The number of nitrogens with one attached hydrogen (secondary N) is 3. The molecule has 4 aromatic rings. The normalized spacial score (nSPS) is 12.1. The number of fused-ring (bicyclic) bond motifs is 1. The van der Waals surface area contributed by atoms with Crippen LogP contribution in [0.2, 0.25) is 0 Å². The van der Waals surface area contributed by atoms with E-state index in [0.29, 0.717) is 11.4 Å². The smallest absolute Gasteiger partial charge is 0.418 e. The first kappa shape index (κ1) is 22.3. The van der Waals surface area contributed by atoms with Crippen molar-refractivity contribution in [2.45, 2.75) is 12.4 Å². The van der Waals surface area contributed by atoms with Crippen molar-refractivity contribution in [2.24, 2.45) is 0 Å². The summed E-state index contributed by atoms with van der Waals surface area (Å²) >= 11 is 0. The van der Waals surface area contributed by atoms with Gasteiger partial charge in [-0.05, 0) is 36.4 Å². The molecule has 1 radical (unpaired) electrons. The molecule has 0 spiro atoms. The molecule has 0 amide bonds. The van der Waals surface area contributed by atoms with Crippen LogP contribution in [0.1, 0.15) is 11.1 Å². The lowest BCUT2D eigenvalue weighted by Gasteiger charge is -2.15. The van der Waals surface area contributed by atoms with Crippen LogP contribution in [-0.2, 0) is 12.4 Å². The molecule has 33 heavy (non-hydrogen) atoms. The minimum atomic E-state index is -4.71. The number of halogens is 6. The zero-order chi connectivity index (χ0) is 23.8. The molecule has 2 heterocycles. The van der Waals surface area contributed by atoms with Crippen molar-refractivity contribution >= 4 is 33.9 Å². The molecule has 0 unspecified atom stereocenters. The number of ether oxygens (including phenoxy) is 1. The number of aromatic amines is 1. The number of nitrogens with zero attached hydrogens (tertiary/aromatic N) is 1. The Kier molecular flexibility index (Phi) is 5.56. The number of pyridine rings is 1. The summed E-state index contributed by atoms with van der Waals surface area (Å²) in [7, 11) is 1.44. The third kappa shape index (κ3) is 4.66. The van der Waals surface area contributed by atoms with Crippen molar-refractivity contribution in [1.29, 1.82) is 0 Å². The Morgan fingerprint density at radius 2 is 1.76 bits per heavy atom. The van der Waals surface area contributed by atoms with E-state index in [9.17, 15) is 26.3 Å². The van der Waals surface area contributed by atoms with Crippen molar-refractivity contribution in [3.05, 3.63) is 71.9 Å². The summed E-state index contributed by atoms with van der Waals surface area (Å²) in [5.74, 6) is 0.548. The van der Waals surface area contributed by atoms with Gasteiger partial charge in [-0.25, -0.2) is 4.98 Å². The number of anilines is 4. The first-order chi connectivity index (χ1) is 15.6.